The van der Waals surface area contributed by atoms with Gasteiger partial charge in [-0.05, 0) is 49.2 Å². The fraction of sp³-hybridized carbons (Fsp3) is 0.0968. The van der Waals surface area contributed by atoms with Crippen molar-refractivity contribution in [1.82, 2.24) is 14.1 Å². The van der Waals surface area contributed by atoms with Gasteiger partial charge >= 0.3 is 6.09 Å². The Morgan fingerprint density at radius 2 is 1.49 bits per heavy atom. The van der Waals surface area contributed by atoms with Gasteiger partial charge < -0.3 is 9.29 Å². The second-order valence-corrected chi connectivity index (χ2v) is 9.85. The number of ether oxygens (including phenoxy) is 1. The minimum Gasteiger partial charge on any atom is -0.755 e. The molecule has 0 fully saturated rings. The van der Waals surface area contributed by atoms with Crippen LogP contribution in [0.1, 0.15) is 11.1 Å². The fourth-order valence-corrected chi connectivity index (χ4v) is 4.56. The molecule has 1 heterocycles. The smallest absolute Gasteiger partial charge is 0.426 e. The van der Waals surface area contributed by atoms with Crippen molar-refractivity contribution in [1.29, 1.82) is 0 Å². The van der Waals surface area contributed by atoms with Gasteiger partial charge in [0.05, 0.1) is 28.3 Å². The van der Waals surface area contributed by atoms with Crippen LogP contribution in [0, 0.1) is 6.92 Å². The predicted octanol–water partition coefficient (Wildman–Crippen LogP) is 6.35. The monoisotopic (exact) mass is 536 g/mol. The Hall–Kier alpha value is -4.53. The first-order chi connectivity index (χ1) is 19.0. The normalized spacial score (nSPS) is 11.6. The molecule has 5 rings (SSSR count). The molecule has 0 aliphatic heterocycles. The van der Waals surface area contributed by atoms with Gasteiger partial charge in [-0.1, -0.05) is 90.5 Å². The number of aryl methyl sites for hydroxylation is 1. The van der Waals surface area contributed by atoms with E-state index in [-0.39, 0.29) is 12.3 Å². The maximum atomic E-state index is 12.5. The summed E-state index contributed by atoms with van der Waals surface area (Å²) in [6.07, 6.45) is -0.613. The summed E-state index contributed by atoms with van der Waals surface area (Å²) < 4.78 is 31.3. The lowest BCUT2D eigenvalue weighted by Crippen LogP contribution is -2.36. The van der Waals surface area contributed by atoms with Gasteiger partial charge in [-0.15, -0.1) is 0 Å². The Morgan fingerprint density at radius 3 is 2.10 bits per heavy atom. The van der Waals surface area contributed by atoms with E-state index in [9.17, 15) is 13.6 Å². The Morgan fingerprint density at radius 1 is 0.872 bits per heavy atom. The topological polar surface area (TPSA) is 87.5 Å². The van der Waals surface area contributed by atoms with Crippen molar-refractivity contribution < 1.29 is 18.3 Å². The van der Waals surface area contributed by atoms with E-state index in [1.54, 1.807) is 24.3 Å². The first-order valence-electron chi connectivity index (χ1n) is 12.4. The zero-order valence-electron chi connectivity index (χ0n) is 21.3. The van der Waals surface area contributed by atoms with Crippen molar-refractivity contribution in [3.05, 3.63) is 126 Å². The summed E-state index contributed by atoms with van der Waals surface area (Å²) in [4.78, 5) is 12.5. The van der Waals surface area contributed by atoms with Crippen LogP contribution in [-0.4, -0.2) is 35.5 Å². The zero-order valence-corrected chi connectivity index (χ0v) is 22.1. The second kappa shape index (κ2) is 11.9. The van der Waals surface area contributed by atoms with E-state index >= 15 is 0 Å². The molecule has 0 saturated carbocycles. The number of benzene rings is 4. The van der Waals surface area contributed by atoms with E-state index in [0.717, 1.165) is 39.3 Å². The first kappa shape index (κ1) is 26.1. The molecule has 1 aromatic heterocycles. The van der Waals surface area contributed by atoms with Crippen LogP contribution in [0.5, 0.6) is 5.75 Å². The third-order valence-corrected chi connectivity index (χ3v) is 6.93. The third kappa shape index (κ3) is 6.31. The number of hydrogen-bond acceptors (Lipinski definition) is 5. The summed E-state index contributed by atoms with van der Waals surface area (Å²) in [5.41, 5.74) is 6.61. The van der Waals surface area contributed by atoms with Crippen LogP contribution in [0.3, 0.4) is 0 Å². The van der Waals surface area contributed by atoms with Crippen molar-refractivity contribution in [2.24, 2.45) is 0 Å². The number of rotatable bonds is 8. The lowest BCUT2D eigenvalue weighted by Gasteiger charge is -2.23. The predicted molar refractivity (Wildman–Crippen MR) is 151 cm³/mol. The molecule has 1 unspecified atom stereocenters. The van der Waals surface area contributed by atoms with Crippen molar-refractivity contribution in [2.75, 3.05) is 6.54 Å². The lowest BCUT2D eigenvalue weighted by atomic mass is 10.1. The fourth-order valence-electron chi connectivity index (χ4n) is 4.16. The maximum Gasteiger partial charge on any atom is 0.426 e. The van der Waals surface area contributed by atoms with Gasteiger partial charge in [0, 0.05) is 17.7 Å². The number of amides is 1. The van der Waals surface area contributed by atoms with E-state index in [1.807, 2.05) is 96.5 Å². The molecular formula is C31H26N3O4S-. The summed E-state index contributed by atoms with van der Waals surface area (Å²) in [6, 6.07) is 36.6. The van der Waals surface area contributed by atoms with E-state index in [0.29, 0.717) is 10.7 Å². The molecule has 0 spiro atoms. The first-order valence-corrected chi connectivity index (χ1v) is 13.5. The van der Waals surface area contributed by atoms with Crippen LogP contribution >= 0.6 is 0 Å². The van der Waals surface area contributed by atoms with Gasteiger partial charge in [-0.2, -0.15) is 5.10 Å². The average molecular weight is 537 g/mol. The minimum atomic E-state index is -2.76. The van der Waals surface area contributed by atoms with Gasteiger partial charge in [0.15, 0.2) is 0 Å². The van der Waals surface area contributed by atoms with Gasteiger partial charge in [-0.25, -0.2) is 13.8 Å². The summed E-state index contributed by atoms with van der Waals surface area (Å²) in [5.74, 6) is 0.286. The highest BCUT2D eigenvalue weighted by Gasteiger charge is 2.18. The van der Waals surface area contributed by atoms with Crippen LogP contribution in [0.2, 0.25) is 0 Å². The number of aromatic nitrogens is 2. The van der Waals surface area contributed by atoms with Crippen LogP contribution in [0.4, 0.5) is 4.79 Å². The molecule has 196 valence electrons. The van der Waals surface area contributed by atoms with Gasteiger partial charge in [0.2, 0.25) is 0 Å². The van der Waals surface area contributed by atoms with E-state index in [1.165, 1.54) is 0 Å². The Kier molecular flexibility index (Phi) is 7.96. The van der Waals surface area contributed by atoms with Gasteiger partial charge in [-0.3, -0.25) is 4.21 Å². The standard InChI is InChI=1S/C31H27N3O4S/c1-23-12-18-28(19-13-23)38-31(35)33(39(36)37)21-20-24-14-16-27(17-15-24)34-30(26-10-6-3-7-11-26)22-29(32-34)25-8-4-2-5-9-25/h2-19,22H,20-21H2,1H3,(H,36,37)/p-1. The quantitative estimate of drug-likeness (QED) is 0.216. The summed E-state index contributed by atoms with van der Waals surface area (Å²) >= 11 is -2.76. The highest BCUT2D eigenvalue weighted by atomic mass is 32.2. The molecule has 0 bridgehead atoms. The molecule has 1 amide bonds. The van der Waals surface area contributed by atoms with Crippen molar-refractivity contribution >= 4 is 17.4 Å². The molecule has 5 aromatic rings. The molecule has 0 radical (unpaired) electrons. The summed E-state index contributed by atoms with van der Waals surface area (Å²) in [6.45, 7) is 1.86. The molecular weight excluding hydrogens is 510 g/mol. The second-order valence-electron chi connectivity index (χ2n) is 8.98. The maximum absolute atomic E-state index is 12.5. The largest absolute Gasteiger partial charge is 0.755 e. The molecule has 39 heavy (non-hydrogen) atoms. The Labute approximate surface area is 229 Å². The highest BCUT2D eigenvalue weighted by Crippen LogP contribution is 2.29. The van der Waals surface area contributed by atoms with Crippen molar-refractivity contribution in [3.63, 3.8) is 0 Å². The number of carbonyl (C=O) groups is 1. The molecule has 7 nitrogen and oxygen atoms in total. The Balaban J connectivity index is 1.34. The minimum absolute atomic E-state index is 0.0463. The number of nitrogens with zero attached hydrogens (tertiary/aromatic N) is 3. The van der Waals surface area contributed by atoms with Crippen LogP contribution in [-0.2, 0) is 17.7 Å². The van der Waals surface area contributed by atoms with Crippen molar-refractivity contribution in [3.8, 4) is 34.0 Å². The van der Waals surface area contributed by atoms with Crippen LogP contribution < -0.4 is 4.74 Å². The average Bonchev–Trinajstić information content (AvgIpc) is 3.41. The summed E-state index contributed by atoms with van der Waals surface area (Å²) in [7, 11) is 0. The van der Waals surface area contributed by atoms with Crippen LogP contribution in [0.25, 0.3) is 28.2 Å². The molecule has 1 atom stereocenters. The molecule has 0 aliphatic carbocycles. The van der Waals surface area contributed by atoms with E-state index < -0.39 is 17.4 Å². The number of hydrogen-bond donors (Lipinski definition) is 0. The molecule has 4 aromatic carbocycles. The molecule has 0 N–H and O–H groups in total. The van der Waals surface area contributed by atoms with Crippen molar-refractivity contribution in [2.45, 2.75) is 13.3 Å². The highest BCUT2D eigenvalue weighted by molar-refractivity contribution is 7.77. The van der Waals surface area contributed by atoms with Gasteiger partial charge in [0.1, 0.15) is 5.75 Å². The lowest BCUT2D eigenvalue weighted by molar-refractivity contribution is 0.178. The van der Waals surface area contributed by atoms with E-state index in [2.05, 4.69) is 6.07 Å². The number of carbonyl (C=O) groups excluding carboxylic acids is 1. The zero-order chi connectivity index (χ0) is 27.2. The molecule has 0 aliphatic rings. The molecule has 0 saturated heterocycles. The Bertz CT molecular complexity index is 1570. The van der Waals surface area contributed by atoms with Crippen LogP contribution in [0.15, 0.2) is 115 Å². The molecule has 8 heteroatoms. The third-order valence-electron chi connectivity index (χ3n) is 6.24. The van der Waals surface area contributed by atoms with Gasteiger partial charge in [0.25, 0.3) is 0 Å². The summed E-state index contributed by atoms with van der Waals surface area (Å²) in [5, 5.41) is 4.89. The van der Waals surface area contributed by atoms with E-state index in [4.69, 9.17) is 9.84 Å². The SMILES string of the molecule is Cc1ccc(OC(=O)N(CCc2ccc(-n3nc(-c4ccccc4)cc3-c3ccccc3)cc2)S(=O)[O-])cc1.